The van der Waals surface area contributed by atoms with Crippen molar-refractivity contribution >= 4 is 22.7 Å². The SMILES string of the molecule is CC1(C)c2ccccc2-c2ccc(N(c3ccc(-c4ccc(N)cc4)cc3)c3ccc4c(c3)C(C)(C)c3ccccc3-4)cc21. The fourth-order valence-electron chi connectivity index (χ4n) is 7.59. The van der Waals surface area contributed by atoms with Gasteiger partial charge in [-0.25, -0.2) is 0 Å². The zero-order chi connectivity index (χ0) is 30.2. The lowest BCUT2D eigenvalue weighted by molar-refractivity contribution is 0.660. The second kappa shape index (κ2) is 9.46. The maximum Gasteiger partial charge on any atom is 0.0465 e. The zero-order valence-electron chi connectivity index (χ0n) is 25.7. The van der Waals surface area contributed by atoms with Crippen LogP contribution in [0.25, 0.3) is 33.4 Å². The molecule has 0 radical (unpaired) electrons. The van der Waals surface area contributed by atoms with E-state index in [1.165, 1.54) is 50.1 Å². The molecule has 0 aromatic heterocycles. The van der Waals surface area contributed by atoms with Crippen LogP contribution in [-0.4, -0.2) is 0 Å². The molecule has 0 bridgehead atoms. The lowest BCUT2D eigenvalue weighted by atomic mass is 9.82. The summed E-state index contributed by atoms with van der Waals surface area (Å²) in [7, 11) is 0. The van der Waals surface area contributed by atoms with Crippen LogP contribution in [0.5, 0.6) is 0 Å². The Morgan fingerprint density at radius 2 is 0.795 bits per heavy atom. The van der Waals surface area contributed by atoms with Crippen LogP contribution in [-0.2, 0) is 10.8 Å². The van der Waals surface area contributed by atoms with E-state index in [-0.39, 0.29) is 10.8 Å². The summed E-state index contributed by atoms with van der Waals surface area (Å²) < 4.78 is 0. The van der Waals surface area contributed by atoms with E-state index in [9.17, 15) is 0 Å². The van der Waals surface area contributed by atoms with Gasteiger partial charge >= 0.3 is 0 Å². The third-order valence-electron chi connectivity index (χ3n) is 10.0. The molecule has 0 heterocycles. The van der Waals surface area contributed by atoms with Crippen LogP contribution in [0.2, 0.25) is 0 Å². The van der Waals surface area contributed by atoms with E-state index < -0.39 is 0 Å². The van der Waals surface area contributed by atoms with Gasteiger partial charge < -0.3 is 10.6 Å². The fourth-order valence-corrected chi connectivity index (χ4v) is 7.59. The summed E-state index contributed by atoms with van der Waals surface area (Å²) in [6.45, 7) is 9.40. The Kier molecular flexibility index (Phi) is 5.71. The van der Waals surface area contributed by atoms with Crippen LogP contribution in [0.15, 0.2) is 133 Å². The third kappa shape index (κ3) is 3.87. The molecule has 2 nitrogen and oxygen atoms in total. The molecule has 6 aromatic rings. The number of hydrogen-bond acceptors (Lipinski definition) is 2. The molecular formula is C42H36N2. The van der Waals surface area contributed by atoms with Crippen molar-refractivity contribution in [3.63, 3.8) is 0 Å². The number of nitrogen functional groups attached to an aromatic ring is 1. The first-order chi connectivity index (χ1) is 21.2. The van der Waals surface area contributed by atoms with Gasteiger partial charge in [0.15, 0.2) is 0 Å². The average Bonchev–Trinajstić information content (AvgIpc) is 3.41. The number of hydrogen-bond donors (Lipinski definition) is 1. The van der Waals surface area contributed by atoms with Crippen molar-refractivity contribution in [1.29, 1.82) is 0 Å². The van der Waals surface area contributed by atoms with Crippen LogP contribution in [0.3, 0.4) is 0 Å². The molecule has 6 aromatic carbocycles. The maximum absolute atomic E-state index is 5.96. The Bertz CT molecular complexity index is 1960. The fraction of sp³-hybridized carbons (Fsp3) is 0.143. The van der Waals surface area contributed by atoms with E-state index in [4.69, 9.17) is 5.73 Å². The quantitative estimate of drug-likeness (QED) is 0.214. The first-order valence-corrected chi connectivity index (χ1v) is 15.5. The smallest absolute Gasteiger partial charge is 0.0465 e. The minimum Gasteiger partial charge on any atom is -0.399 e. The first-order valence-electron chi connectivity index (χ1n) is 15.5. The van der Waals surface area contributed by atoms with Gasteiger partial charge in [0.1, 0.15) is 0 Å². The highest BCUT2D eigenvalue weighted by atomic mass is 15.1. The second-order valence-electron chi connectivity index (χ2n) is 13.3. The van der Waals surface area contributed by atoms with E-state index in [1.807, 2.05) is 12.1 Å². The molecule has 0 fully saturated rings. The Morgan fingerprint density at radius 3 is 1.27 bits per heavy atom. The molecule has 2 heteroatoms. The van der Waals surface area contributed by atoms with Gasteiger partial charge in [-0.1, -0.05) is 113 Å². The van der Waals surface area contributed by atoms with Crippen molar-refractivity contribution in [2.75, 3.05) is 10.6 Å². The van der Waals surface area contributed by atoms with Gasteiger partial charge in [0, 0.05) is 33.6 Å². The second-order valence-corrected chi connectivity index (χ2v) is 13.3. The number of nitrogens with zero attached hydrogens (tertiary/aromatic N) is 1. The Morgan fingerprint density at radius 1 is 0.409 bits per heavy atom. The molecule has 214 valence electrons. The summed E-state index contributed by atoms with van der Waals surface area (Å²) in [5.74, 6) is 0. The molecule has 0 atom stereocenters. The topological polar surface area (TPSA) is 29.3 Å². The van der Waals surface area contributed by atoms with E-state index >= 15 is 0 Å². The molecule has 2 N–H and O–H groups in total. The highest BCUT2D eigenvalue weighted by Crippen LogP contribution is 2.53. The van der Waals surface area contributed by atoms with Crippen LogP contribution in [0.4, 0.5) is 22.7 Å². The molecule has 44 heavy (non-hydrogen) atoms. The van der Waals surface area contributed by atoms with Crippen molar-refractivity contribution in [3.8, 4) is 33.4 Å². The summed E-state index contributed by atoms with van der Waals surface area (Å²) >= 11 is 0. The molecule has 2 aliphatic carbocycles. The van der Waals surface area contributed by atoms with E-state index in [2.05, 4.69) is 154 Å². The minimum absolute atomic E-state index is 0.0752. The maximum atomic E-state index is 5.96. The number of anilines is 4. The monoisotopic (exact) mass is 568 g/mol. The Balaban J connectivity index is 1.29. The first kappa shape index (κ1) is 26.5. The molecule has 2 aliphatic rings. The predicted octanol–water partition coefficient (Wildman–Crippen LogP) is 11.0. The third-order valence-corrected chi connectivity index (χ3v) is 10.0. The van der Waals surface area contributed by atoms with Gasteiger partial charge in [-0.3, -0.25) is 0 Å². The average molecular weight is 569 g/mol. The van der Waals surface area contributed by atoms with Gasteiger partial charge in [0.25, 0.3) is 0 Å². The van der Waals surface area contributed by atoms with Crippen LogP contribution in [0.1, 0.15) is 49.9 Å². The molecular weight excluding hydrogens is 532 g/mol. The molecule has 0 saturated heterocycles. The predicted molar refractivity (Wildman–Crippen MR) is 186 cm³/mol. The summed E-state index contributed by atoms with van der Waals surface area (Å²) in [5, 5.41) is 0. The zero-order valence-corrected chi connectivity index (χ0v) is 25.7. The van der Waals surface area contributed by atoms with Crippen LogP contribution >= 0.6 is 0 Å². The Hall–Kier alpha value is -5.08. The van der Waals surface area contributed by atoms with E-state index in [0.717, 1.165) is 28.3 Å². The van der Waals surface area contributed by atoms with Crippen molar-refractivity contribution in [2.24, 2.45) is 0 Å². The highest BCUT2D eigenvalue weighted by Gasteiger charge is 2.37. The van der Waals surface area contributed by atoms with Crippen molar-refractivity contribution in [1.82, 2.24) is 0 Å². The molecule has 0 saturated carbocycles. The number of rotatable bonds is 4. The number of benzene rings is 6. The number of nitrogens with two attached hydrogens (primary N) is 1. The summed E-state index contributed by atoms with van der Waals surface area (Å²) in [6.07, 6.45) is 0. The highest BCUT2D eigenvalue weighted by molar-refractivity contribution is 5.88. The van der Waals surface area contributed by atoms with Gasteiger partial charge in [0.05, 0.1) is 0 Å². The normalized spacial score (nSPS) is 14.8. The van der Waals surface area contributed by atoms with Crippen molar-refractivity contribution in [3.05, 3.63) is 156 Å². The standard InChI is InChI=1S/C42H36N2/c1-41(2)37-11-7-5-9-33(37)35-23-21-31(25-39(35)41)44(30-19-15-28(16-20-30)27-13-17-29(43)18-14-27)32-22-24-36-34-10-6-8-12-38(34)42(3,4)40(36)26-32/h5-26H,43H2,1-4H3. The lowest BCUT2D eigenvalue weighted by Gasteiger charge is -2.30. The van der Waals surface area contributed by atoms with Gasteiger partial charge in [0.2, 0.25) is 0 Å². The molecule has 8 rings (SSSR count). The van der Waals surface area contributed by atoms with E-state index in [1.54, 1.807) is 0 Å². The summed E-state index contributed by atoms with van der Waals surface area (Å²) in [5.41, 5.74) is 23.3. The summed E-state index contributed by atoms with van der Waals surface area (Å²) in [6, 6.07) is 48.8. The lowest BCUT2D eigenvalue weighted by Crippen LogP contribution is -2.18. The minimum atomic E-state index is -0.0752. The molecule has 0 aliphatic heterocycles. The molecule has 0 spiro atoms. The molecule has 0 unspecified atom stereocenters. The van der Waals surface area contributed by atoms with Gasteiger partial charge in [-0.2, -0.15) is 0 Å². The van der Waals surface area contributed by atoms with Crippen LogP contribution in [0, 0.1) is 0 Å². The van der Waals surface area contributed by atoms with Gasteiger partial charge in [-0.15, -0.1) is 0 Å². The van der Waals surface area contributed by atoms with E-state index in [0.29, 0.717) is 0 Å². The van der Waals surface area contributed by atoms with Crippen LogP contribution < -0.4 is 10.6 Å². The number of fused-ring (bicyclic) bond motifs is 6. The molecule has 0 amide bonds. The van der Waals surface area contributed by atoms with Crippen molar-refractivity contribution < 1.29 is 0 Å². The Labute approximate surface area is 260 Å². The largest absolute Gasteiger partial charge is 0.399 e. The summed E-state index contributed by atoms with van der Waals surface area (Å²) in [4.78, 5) is 2.42. The van der Waals surface area contributed by atoms with Gasteiger partial charge in [-0.05, 0) is 104 Å². The van der Waals surface area contributed by atoms with Crippen molar-refractivity contribution in [2.45, 2.75) is 38.5 Å².